The highest BCUT2D eigenvalue weighted by atomic mass is 35.5. The minimum absolute atomic E-state index is 0.308. The van der Waals surface area contributed by atoms with Crippen LogP contribution in [0.3, 0.4) is 0 Å². The van der Waals surface area contributed by atoms with Crippen LogP contribution in [-0.4, -0.2) is 28.1 Å². The van der Waals surface area contributed by atoms with Gasteiger partial charge in [0.1, 0.15) is 6.61 Å². The Morgan fingerprint density at radius 2 is 1.58 bits per heavy atom. The summed E-state index contributed by atoms with van der Waals surface area (Å²) in [7, 11) is 0. The first-order valence-electron chi connectivity index (χ1n) is 12.1. The fraction of sp³-hybridized carbons (Fsp3) is 0.129. The van der Waals surface area contributed by atoms with E-state index in [1.54, 1.807) is 29.0 Å². The Labute approximate surface area is 225 Å². The molecule has 7 heteroatoms. The number of aryl methyl sites for hydroxylation is 1. The van der Waals surface area contributed by atoms with Crippen LogP contribution in [0, 0.1) is 13.8 Å². The van der Waals surface area contributed by atoms with E-state index in [9.17, 15) is 9.59 Å². The lowest BCUT2D eigenvalue weighted by Gasteiger charge is -2.12. The van der Waals surface area contributed by atoms with Crippen molar-refractivity contribution < 1.29 is 19.2 Å². The molecule has 3 aromatic carbocycles. The Bertz CT molecular complexity index is 1630. The largest absolute Gasteiger partial charge is 0.454 e. The molecule has 38 heavy (non-hydrogen) atoms. The van der Waals surface area contributed by atoms with Crippen LogP contribution in [-0.2, 0) is 11.3 Å². The number of esters is 1. The third-order valence-corrected chi connectivity index (χ3v) is 6.53. The van der Waals surface area contributed by atoms with Crippen LogP contribution < -0.4 is 4.84 Å². The summed E-state index contributed by atoms with van der Waals surface area (Å²) in [6.45, 7) is 3.64. The summed E-state index contributed by atoms with van der Waals surface area (Å²) in [5, 5.41) is 1.26. The summed E-state index contributed by atoms with van der Waals surface area (Å²) in [4.78, 5) is 36.9. The van der Waals surface area contributed by atoms with Crippen molar-refractivity contribution >= 4 is 34.3 Å². The smallest absolute Gasteiger partial charge is 0.339 e. The zero-order valence-electron chi connectivity index (χ0n) is 21.0. The maximum atomic E-state index is 13.2. The normalized spacial score (nSPS) is 10.9. The van der Waals surface area contributed by atoms with Crippen LogP contribution >= 0.6 is 11.6 Å². The van der Waals surface area contributed by atoms with Gasteiger partial charge < -0.3 is 9.57 Å². The second-order valence-electron chi connectivity index (χ2n) is 8.92. The molecule has 0 spiro atoms. The van der Waals surface area contributed by atoms with Gasteiger partial charge in [0.2, 0.25) is 5.78 Å². The Balaban J connectivity index is 1.34. The molecule has 5 rings (SSSR count). The number of ether oxygens (including phenoxy) is 1. The number of Topliss-reactive ketones (excluding diaryl/α,β-unsaturated/α-hetero) is 1. The summed E-state index contributed by atoms with van der Waals surface area (Å²) in [6.07, 6.45) is 0. The number of pyridine rings is 1. The van der Waals surface area contributed by atoms with Gasteiger partial charge in [-0.2, -0.15) is 4.73 Å². The lowest BCUT2D eigenvalue weighted by Crippen LogP contribution is -2.17. The lowest BCUT2D eigenvalue weighted by molar-refractivity contribution is 0.0475. The zero-order chi connectivity index (χ0) is 26.6. The molecular weight excluding hydrogens is 500 g/mol. The first-order valence-corrected chi connectivity index (χ1v) is 12.5. The maximum Gasteiger partial charge on any atom is 0.339 e. The van der Waals surface area contributed by atoms with E-state index < -0.39 is 12.6 Å². The van der Waals surface area contributed by atoms with Crippen molar-refractivity contribution in [2.24, 2.45) is 0 Å². The molecular formula is C31H25ClN2O4. The molecule has 0 fully saturated rings. The van der Waals surface area contributed by atoms with Crippen molar-refractivity contribution in [1.82, 2.24) is 9.71 Å². The Morgan fingerprint density at radius 3 is 2.34 bits per heavy atom. The molecule has 2 aromatic heterocycles. The van der Waals surface area contributed by atoms with Crippen molar-refractivity contribution in [3.05, 3.63) is 124 Å². The van der Waals surface area contributed by atoms with Gasteiger partial charge in [-0.25, -0.2) is 9.78 Å². The van der Waals surface area contributed by atoms with E-state index in [0.717, 1.165) is 16.8 Å². The average Bonchev–Trinajstić information content (AvgIpc) is 3.23. The first-order chi connectivity index (χ1) is 18.4. The molecule has 0 atom stereocenters. The first kappa shape index (κ1) is 25.2. The van der Waals surface area contributed by atoms with Crippen molar-refractivity contribution in [1.29, 1.82) is 0 Å². The second-order valence-corrected chi connectivity index (χ2v) is 9.35. The topological polar surface area (TPSA) is 70.4 Å². The molecule has 0 radical (unpaired) electrons. The number of hydrogen-bond donors (Lipinski definition) is 0. The molecule has 0 unspecified atom stereocenters. The van der Waals surface area contributed by atoms with Gasteiger partial charge in [0, 0.05) is 21.5 Å². The number of carbonyl (C=O) groups is 2. The third-order valence-electron chi connectivity index (χ3n) is 6.28. The van der Waals surface area contributed by atoms with Crippen molar-refractivity contribution in [3.8, 4) is 11.3 Å². The molecule has 0 amide bonds. The van der Waals surface area contributed by atoms with Crippen molar-refractivity contribution in [2.75, 3.05) is 6.61 Å². The summed E-state index contributed by atoms with van der Waals surface area (Å²) in [5.74, 6) is -0.904. The van der Waals surface area contributed by atoms with Crippen LogP contribution in [0.5, 0.6) is 0 Å². The van der Waals surface area contributed by atoms with E-state index in [2.05, 4.69) is 4.98 Å². The van der Waals surface area contributed by atoms with Gasteiger partial charge in [-0.05, 0) is 49.7 Å². The fourth-order valence-electron chi connectivity index (χ4n) is 4.34. The molecule has 0 aliphatic rings. The number of fused-ring (bicyclic) bond motifs is 1. The van der Waals surface area contributed by atoms with E-state index in [0.29, 0.717) is 45.0 Å². The van der Waals surface area contributed by atoms with Gasteiger partial charge >= 0.3 is 5.97 Å². The predicted molar refractivity (Wildman–Crippen MR) is 147 cm³/mol. The molecule has 0 N–H and O–H groups in total. The number of halogens is 1. The minimum Gasteiger partial charge on any atom is -0.454 e. The number of carbonyl (C=O) groups excluding carboxylic acids is 2. The number of hydrogen-bond acceptors (Lipinski definition) is 5. The van der Waals surface area contributed by atoms with Crippen molar-refractivity contribution in [2.45, 2.75) is 20.5 Å². The number of aromatic nitrogens is 2. The van der Waals surface area contributed by atoms with Gasteiger partial charge in [-0.15, -0.1) is 0 Å². The van der Waals surface area contributed by atoms with E-state index in [-0.39, 0.29) is 5.78 Å². The van der Waals surface area contributed by atoms with Gasteiger partial charge in [0.25, 0.3) is 0 Å². The molecule has 5 aromatic rings. The van der Waals surface area contributed by atoms with E-state index in [1.165, 1.54) is 0 Å². The standard InChI is InChI=1S/C31H25ClN2O4/c1-20-16-26(21(2)34(20)38-18-22-8-4-3-5-9-22)30(35)19-37-31(36)27-17-29(23-12-14-24(32)15-13-23)33-28-11-7-6-10-25(27)28/h3-17H,18-19H2,1-2H3. The summed E-state index contributed by atoms with van der Waals surface area (Å²) in [6, 6.07) is 27.8. The Hall–Kier alpha value is -4.42. The highest BCUT2D eigenvalue weighted by Crippen LogP contribution is 2.26. The number of nitrogens with zero attached hydrogens (tertiary/aromatic N) is 2. The maximum absolute atomic E-state index is 13.2. The summed E-state index contributed by atoms with van der Waals surface area (Å²) >= 11 is 6.03. The van der Waals surface area contributed by atoms with Gasteiger partial charge in [0.15, 0.2) is 6.61 Å². The Morgan fingerprint density at radius 1 is 0.868 bits per heavy atom. The van der Waals surface area contributed by atoms with Gasteiger partial charge in [0.05, 0.1) is 28.2 Å². The molecule has 6 nitrogen and oxygen atoms in total. The van der Waals surface area contributed by atoms with Gasteiger partial charge in [-0.1, -0.05) is 72.3 Å². The fourth-order valence-corrected chi connectivity index (χ4v) is 4.47. The van der Waals surface area contributed by atoms with Crippen LogP contribution in [0.4, 0.5) is 0 Å². The zero-order valence-corrected chi connectivity index (χ0v) is 21.7. The van der Waals surface area contributed by atoms with Crippen LogP contribution in [0.2, 0.25) is 5.02 Å². The molecule has 0 saturated carbocycles. The van der Waals surface area contributed by atoms with E-state index in [4.69, 9.17) is 21.2 Å². The minimum atomic E-state index is -0.596. The molecule has 190 valence electrons. The molecule has 2 heterocycles. The molecule has 0 aliphatic carbocycles. The number of benzene rings is 3. The Kier molecular flexibility index (Phi) is 7.24. The molecule has 0 saturated heterocycles. The number of para-hydroxylation sites is 1. The monoisotopic (exact) mass is 524 g/mol. The van der Waals surface area contributed by atoms with Crippen LogP contribution in [0.1, 0.15) is 37.7 Å². The van der Waals surface area contributed by atoms with E-state index in [1.807, 2.05) is 80.6 Å². The summed E-state index contributed by atoms with van der Waals surface area (Å²) in [5.41, 5.74) is 5.31. The average molecular weight is 525 g/mol. The SMILES string of the molecule is Cc1cc(C(=O)COC(=O)c2cc(-c3ccc(Cl)cc3)nc3ccccc23)c(C)n1OCc1ccccc1. The van der Waals surface area contributed by atoms with Crippen molar-refractivity contribution in [3.63, 3.8) is 0 Å². The highest BCUT2D eigenvalue weighted by Gasteiger charge is 2.20. The number of ketones is 1. The molecule has 0 aliphatic heterocycles. The van der Waals surface area contributed by atoms with E-state index >= 15 is 0 Å². The lowest BCUT2D eigenvalue weighted by atomic mass is 10.0. The van der Waals surface area contributed by atoms with Crippen LogP contribution in [0.25, 0.3) is 22.2 Å². The van der Waals surface area contributed by atoms with Gasteiger partial charge in [-0.3, -0.25) is 4.79 Å². The number of rotatable bonds is 8. The molecule has 0 bridgehead atoms. The predicted octanol–water partition coefficient (Wildman–Crippen LogP) is 6.64. The second kappa shape index (κ2) is 10.9. The highest BCUT2D eigenvalue weighted by molar-refractivity contribution is 6.30. The third kappa shape index (κ3) is 5.31. The quantitative estimate of drug-likeness (QED) is 0.168. The van der Waals surface area contributed by atoms with Crippen LogP contribution in [0.15, 0.2) is 91.0 Å². The summed E-state index contributed by atoms with van der Waals surface area (Å²) < 4.78 is 7.14.